The van der Waals surface area contributed by atoms with Gasteiger partial charge in [-0.25, -0.2) is 14.6 Å². The number of amides is 2. The maximum Gasteiger partial charge on any atom is 0.363 e. The number of oxime groups is 1. The minimum Gasteiger partial charge on any atom is -0.467 e. The van der Waals surface area contributed by atoms with Crippen LogP contribution in [0.4, 0.5) is 5.13 Å². The van der Waals surface area contributed by atoms with Gasteiger partial charge in [0.2, 0.25) is 5.60 Å². The molecule has 194 valence electrons. The van der Waals surface area contributed by atoms with Gasteiger partial charge in [0.1, 0.15) is 17.3 Å². The molecule has 2 rings (SSSR count). The maximum atomic E-state index is 13.0. The summed E-state index contributed by atoms with van der Waals surface area (Å²) in [5.74, 6) is -4.44. The van der Waals surface area contributed by atoms with E-state index in [1.807, 2.05) is 0 Å². The van der Waals surface area contributed by atoms with E-state index < -0.39 is 63.1 Å². The molecule has 4 N–H and O–H groups in total. The first kappa shape index (κ1) is 27.9. The third kappa shape index (κ3) is 6.43. The number of nitrogens with two attached hydrogens (primary N) is 1. The van der Waals surface area contributed by atoms with Crippen molar-refractivity contribution in [1.29, 1.82) is 0 Å². The second-order valence-electron chi connectivity index (χ2n) is 8.65. The van der Waals surface area contributed by atoms with Gasteiger partial charge in [0.25, 0.3) is 11.8 Å². The zero-order chi connectivity index (χ0) is 26.9. The molecular weight excluding hydrogens is 510 g/mol. The molecule has 15 nitrogen and oxygen atoms in total. The van der Waals surface area contributed by atoms with E-state index in [1.54, 1.807) is 20.8 Å². The SMILES string of the molecule is COC(=O)[C@H]1[C@@H](NC(=O)C(=NOC(C)(C)C(=O)OC(C)(C)C)c2csc(N)n2)C(=O)N1S(=O)(=O)O. The zero-order valence-electron chi connectivity index (χ0n) is 19.6. The second-order valence-corrected chi connectivity index (χ2v) is 10.8. The van der Waals surface area contributed by atoms with Crippen LogP contribution in [-0.2, 0) is 43.8 Å². The molecule has 0 spiro atoms. The zero-order valence-corrected chi connectivity index (χ0v) is 21.2. The molecule has 0 unspecified atom stereocenters. The molecule has 35 heavy (non-hydrogen) atoms. The number of hydrogen-bond acceptors (Lipinski definition) is 13. The first-order valence-corrected chi connectivity index (χ1v) is 12.1. The van der Waals surface area contributed by atoms with Crippen LogP contribution in [0.15, 0.2) is 10.5 Å². The van der Waals surface area contributed by atoms with E-state index in [0.717, 1.165) is 18.4 Å². The van der Waals surface area contributed by atoms with Gasteiger partial charge in [0.05, 0.1) is 7.11 Å². The highest BCUT2D eigenvalue weighted by atomic mass is 32.2. The Labute approximate surface area is 204 Å². The van der Waals surface area contributed by atoms with Gasteiger partial charge >= 0.3 is 22.2 Å². The number of nitrogens with one attached hydrogen (secondary N) is 1. The lowest BCUT2D eigenvalue weighted by Gasteiger charge is -2.41. The normalized spacial score (nSPS) is 19.0. The Morgan fingerprint density at radius 2 is 1.86 bits per heavy atom. The number of nitrogen functional groups attached to an aromatic ring is 1. The number of ether oxygens (including phenoxy) is 2. The molecule has 0 bridgehead atoms. The number of β-lactam (4-membered cyclic amide) rings is 1. The maximum absolute atomic E-state index is 13.0. The molecule has 0 saturated carbocycles. The van der Waals surface area contributed by atoms with E-state index in [1.165, 1.54) is 19.2 Å². The van der Waals surface area contributed by atoms with Crippen LogP contribution in [0.2, 0.25) is 0 Å². The van der Waals surface area contributed by atoms with Crippen LogP contribution >= 0.6 is 11.3 Å². The van der Waals surface area contributed by atoms with Crippen LogP contribution in [0.1, 0.15) is 40.3 Å². The third-order valence-corrected chi connectivity index (χ3v) is 5.84. The Morgan fingerprint density at radius 3 is 2.31 bits per heavy atom. The molecular formula is C18H25N5O10S2. The van der Waals surface area contributed by atoms with Crippen molar-refractivity contribution in [2.45, 2.75) is 57.9 Å². The van der Waals surface area contributed by atoms with Gasteiger partial charge in [0.15, 0.2) is 16.9 Å². The van der Waals surface area contributed by atoms with Gasteiger partial charge in [-0.1, -0.05) is 5.16 Å². The van der Waals surface area contributed by atoms with Crippen LogP contribution in [0, 0.1) is 0 Å². The molecule has 1 fully saturated rings. The molecule has 1 aliphatic rings. The Hall–Kier alpha value is -3.31. The summed E-state index contributed by atoms with van der Waals surface area (Å²) in [6.07, 6.45) is 0. The molecule has 2 heterocycles. The molecule has 17 heteroatoms. The van der Waals surface area contributed by atoms with Crippen molar-refractivity contribution in [2.24, 2.45) is 5.16 Å². The van der Waals surface area contributed by atoms with Crippen LogP contribution in [0.25, 0.3) is 0 Å². The topological polar surface area (TPSA) is 217 Å². The first-order chi connectivity index (χ1) is 15.9. The third-order valence-electron chi connectivity index (χ3n) is 4.26. The number of thiazole rings is 1. The number of carbonyl (C=O) groups is 4. The van der Waals surface area contributed by atoms with Crippen LogP contribution in [0.5, 0.6) is 0 Å². The lowest BCUT2D eigenvalue weighted by atomic mass is 9.98. The van der Waals surface area contributed by atoms with Crippen molar-refractivity contribution in [3.8, 4) is 0 Å². The van der Waals surface area contributed by atoms with Crippen molar-refractivity contribution in [3.05, 3.63) is 11.1 Å². The highest BCUT2D eigenvalue weighted by molar-refractivity contribution is 7.84. The summed E-state index contributed by atoms with van der Waals surface area (Å²) in [5, 5.41) is 7.23. The fourth-order valence-electron chi connectivity index (χ4n) is 2.62. The van der Waals surface area contributed by atoms with Crippen molar-refractivity contribution in [1.82, 2.24) is 14.6 Å². The molecule has 0 aliphatic carbocycles. The number of anilines is 1. The van der Waals surface area contributed by atoms with Crippen LogP contribution in [-0.4, -0.2) is 82.1 Å². The van der Waals surface area contributed by atoms with Gasteiger partial charge in [0, 0.05) is 5.38 Å². The van der Waals surface area contributed by atoms with Crippen molar-refractivity contribution in [2.75, 3.05) is 12.8 Å². The standard InChI is InChI=1S/C18H25N5O10S2/c1-17(2,3)32-15(27)18(4,5)33-22-9(8-7-34-16(19)20-8)12(24)21-10-11(14(26)31-6)23(13(10)25)35(28,29)30/h7,10-11H,1-6H3,(H2,19,20)(H,21,24)(H,28,29,30)/t10-,11-/m1/s1. The largest absolute Gasteiger partial charge is 0.467 e. The number of carbonyl (C=O) groups excluding carboxylic acids is 4. The predicted molar refractivity (Wildman–Crippen MR) is 120 cm³/mol. The number of methoxy groups -OCH3 is 1. The summed E-state index contributed by atoms with van der Waals surface area (Å²) in [6, 6.07) is -3.59. The fraction of sp³-hybridized carbons (Fsp3) is 0.556. The first-order valence-electron chi connectivity index (χ1n) is 9.79. The summed E-state index contributed by atoms with van der Waals surface area (Å²) in [4.78, 5) is 58.9. The van der Waals surface area contributed by atoms with Gasteiger partial charge in [-0.3, -0.25) is 14.1 Å². The van der Waals surface area contributed by atoms with Gasteiger partial charge in [-0.15, -0.1) is 11.3 Å². The predicted octanol–water partition coefficient (Wildman–Crippen LogP) is -0.762. The molecule has 1 aliphatic heterocycles. The van der Waals surface area contributed by atoms with E-state index in [0.29, 0.717) is 0 Å². The minimum absolute atomic E-state index is 0.0524. The average molecular weight is 536 g/mol. The van der Waals surface area contributed by atoms with Gasteiger partial charge < -0.3 is 25.4 Å². The van der Waals surface area contributed by atoms with Crippen molar-refractivity contribution >= 4 is 56.2 Å². The van der Waals surface area contributed by atoms with E-state index >= 15 is 0 Å². The van der Waals surface area contributed by atoms with Gasteiger partial charge in [-0.05, 0) is 34.6 Å². The summed E-state index contributed by atoms with van der Waals surface area (Å²) < 4.78 is 41.7. The molecule has 1 saturated heterocycles. The van der Waals surface area contributed by atoms with Crippen LogP contribution in [0.3, 0.4) is 0 Å². The monoisotopic (exact) mass is 535 g/mol. The van der Waals surface area contributed by atoms with Crippen LogP contribution < -0.4 is 11.1 Å². The van der Waals surface area contributed by atoms with Crippen molar-refractivity contribution < 1.29 is 46.5 Å². The number of nitrogens with zero attached hydrogens (tertiary/aromatic N) is 3. The fourth-order valence-corrected chi connectivity index (χ4v) is 4.00. The molecule has 2 amide bonds. The van der Waals surface area contributed by atoms with E-state index in [2.05, 4.69) is 20.2 Å². The molecule has 0 aromatic carbocycles. The summed E-state index contributed by atoms with van der Waals surface area (Å²) in [7, 11) is -4.19. The lowest BCUT2D eigenvalue weighted by molar-refractivity contribution is -0.179. The summed E-state index contributed by atoms with van der Waals surface area (Å²) in [5.41, 5.74) is 2.47. The molecule has 1 aromatic rings. The smallest absolute Gasteiger partial charge is 0.363 e. The Bertz CT molecular complexity index is 1170. The average Bonchev–Trinajstić information content (AvgIpc) is 3.12. The minimum atomic E-state index is -5.11. The lowest BCUT2D eigenvalue weighted by Crippen LogP contribution is -2.74. The van der Waals surface area contributed by atoms with Gasteiger partial charge in [-0.2, -0.15) is 12.7 Å². The number of esters is 2. The Morgan fingerprint density at radius 1 is 1.26 bits per heavy atom. The second kappa shape index (κ2) is 9.74. The molecule has 2 atom stereocenters. The highest BCUT2D eigenvalue weighted by Crippen LogP contribution is 2.25. The van der Waals surface area contributed by atoms with E-state index in [-0.39, 0.29) is 15.1 Å². The quantitative estimate of drug-likeness (QED) is 0.123. The highest BCUT2D eigenvalue weighted by Gasteiger charge is 2.58. The number of rotatable bonds is 8. The summed E-state index contributed by atoms with van der Waals surface area (Å²) in [6.45, 7) is 7.60. The Kier molecular flexibility index (Phi) is 7.78. The van der Waals surface area contributed by atoms with Crippen molar-refractivity contribution in [3.63, 3.8) is 0 Å². The summed E-state index contributed by atoms with van der Waals surface area (Å²) >= 11 is 0.947. The van der Waals surface area contributed by atoms with E-state index in [9.17, 15) is 32.1 Å². The number of hydrogen-bond donors (Lipinski definition) is 3. The molecule has 1 aromatic heterocycles. The molecule has 0 radical (unpaired) electrons. The Balaban J connectivity index is 2.35. The van der Waals surface area contributed by atoms with E-state index in [4.69, 9.17) is 15.3 Å². The number of aromatic nitrogens is 1.